The first-order valence-corrected chi connectivity index (χ1v) is 6.79. The van der Waals surface area contributed by atoms with Crippen LogP contribution in [0.2, 0.25) is 0 Å². The normalized spacial score (nSPS) is 10.7. The van der Waals surface area contributed by atoms with Crippen LogP contribution < -0.4 is 5.73 Å². The van der Waals surface area contributed by atoms with E-state index in [-0.39, 0.29) is 11.3 Å². The molecule has 0 aliphatic carbocycles. The average molecular weight is 272 g/mol. The molecule has 2 N–H and O–H groups in total. The second-order valence-electron chi connectivity index (χ2n) is 6.28. The lowest BCUT2D eigenvalue weighted by Gasteiger charge is -2.27. The summed E-state index contributed by atoms with van der Waals surface area (Å²) in [5.74, 6) is 5.81. The van der Waals surface area contributed by atoms with Gasteiger partial charge in [0.05, 0.1) is 12.1 Å². The smallest absolute Gasteiger partial charge is 0.254 e. The van der Waals surface area contributed by atoms with Gasteiger partial charge in [-0.25, -0.2) is 0 Å². The van der Waals surface area contributed by atoms with Gasteiger partial charge in [0.25, 0.3) is 5.91 Å². The van der Waals surface area contributed by atoms with Crippen LogP contribution in [0.5, 0.6) is 0 Å². The lowest BCUT2D eigenvalue weighted by Crippen LogP contribution is -2.34. The standard InChI is InChI=1S/C17H24N2O/c1-13-8-9-15(14(11-13)7-6-10-18)16(20)19(5)12-17(2,3)4/h8-9,11H,10,12,18H2,1-5H3. The van der Waals surface area contributed by atoms with Crippen LogP contribution in [0.25, 0.3) is 0 Å². The number of hydrogen-bond acceptors (Lipinski definition) is 2. The number of nitrogens with two attached hydrogens (primary N) is 1. The molecular formula is C17H24N2O. The third kappa shape index (κ3) is 4.71. The van der Waals surface area contributed by atoms with Gasteiger partial charge in [0, 0.05) is 19.2 Å². The molecule has 3 nitrogen and oxygen atoms in total. The van der Waals surface area contributed by atoms with E-state index in [9.17, 15) is 4.79 Å². The monoisotopic (exact) mass is 272 g/mol. The maximum absolute atomic E-state index is 12.5. The highest BCUT2D eigenvalue weighted by atomic mass is 16.2. The number of nitrogens with zero attached hydrogens (tertiary/aromatic N) is 1. The van der Waals surface area contributed by atoms with E-state index in [0.29, 0.717) is 18.7 Å². The zero-order valence-corrected chi connectivity index (χ0v) is 13.1. The summed E-state index contributed by atoms with van der Waals surface area (Å²) >= 11 is 0. The first-order chi connectivity index (χ1) is 9.24. The van der Waals surface area contributed by atoms with Crippen molar-refractivity contribution < 1.29 is 4.79 Å². The van der Waals surface area contributed by atoms with E-state index in [4.69, 9.17) is 5.73 Å². The second-order valence-corrected chi connectivity index (χ2v) is 6.28. The molecule has 0 aromatic heterocycles. The highest BCUT2D eigenvalue weighted by Gasteiger charge is 2.20. The van der Waals surface area contributed by atoms with Gasteiger partial charge in [0.2, 0.25) is 0 Å². The van der Waals surface area contributed by atoms with Gasteiger partial charge in [-0.3, -0.25) is 4.79 Å². The Labute approximate surface area is 122 Å². The summed E-state index contributed by atoms with van der Waals surface area (Å²) in [6.45, 7) is 9.31. The molecule has 0 heterocycles. The van der Waals surface area contributed by atoms with E-state index >= 15 is 0 Å². The molecule has 0 atom stereocenters. The maximum Gasteiger partial charge on any atom is 0.254 e. The minimum atomic E-state index is 0.00115. The molecule has 1 aromatic rings. The molecule has 0 aliphatic rings. The Morgan fingerprint density at radius 2 is 2.00 bits per heavy atom. The minimum Gasteiger partial charge on any atom is -0.341 e. The zero-order valence-electron chi connectivity index (χ0n) is 13.1. The van der Waals surface area contributed by atoms with E-state index in [1.165, 1.54) is 0 Å². The van der Waals surface area contributed by atoms with Crippen LogP contribution in [-0.2, 0) is 0 Å². The topological polar surface area (TPSA) is 46.3 Å². The predicted octanol–water partition coefficient (Wildman–Crippen LogP) is 2.42. The Morgan fingerprint density at radius 3 is 2.55 bits per heavy atom. The Balaban J connectivity index is 3.09. The fourth-order valence-electron chi connectivity index (χ4n) is 2.08. The van der Waals surface area contributed by atoms with E-state index in [2.05, 4.69) is 32.6 Å². The fourth-order valence-corrected chi connectivity index (χ4v) is 2.08. The highest BCUT2D eigenvalue weighted by molar-refractivity contribution is 5.96. The Hall–Kier alpha value is -1.79. The Kier molecular flexibility index (Phi) is 5.35. The third-order valence-electron chi connectivity index (χ3n) is 2.79. The van der Waals surface area contributed by atoms with Gasteiger partial charge in [0.15, 0.2) is 0 Å². The van der Waals surface area contributed by atoms with E-state index in [0.717, 1.165) is 11.1 Å². The van der Waals surface area contributed by atoms with Crippen LogP contribution in [0, 0.1) is 24.2 Å². The number of benzene rings is 1. The zero-order chi connectivity index (χ0) is 15.3. The lowest BCUT2D eigenvalue weighted by molar-refractivity contribution is 0.0745. The number of carbonyl (C=O) groups is 1. The van der Waals surface area contributed by atoms with Gasteiger partial charge in [-0.15, -0.1) is 0 Å². The molecule has 1 rings (SSSR count). The minimum absolute atomic E-state index is 0.00115. The lowest BCUT2D eigenvalue weighted by atomic mass is 9.95. The van der Waals surface area contributed by atoms with Crippen molar-refractivity contribution in [3.05, 3.63) is 34.9 Å². The van der Waals surface area contributed by atoms with Crippen molar-refractivity contribution in [1.29, 1.82) is 0 Å². The van der Waals surface area contributed by atoms with Crippen molar-refractivity contribution in [3.8, 4) is 11.8 Å². The largest absolute Gasteiger partial charge is 0.341 e. The molecule has 0 fully saturated rings. The number of amides is 1. The van der Waals surface area contributed by atoms with Crippen molar-refractivity contribution in [2.24, 2.45) is 11.1 Å². The van der Waals surface area contributed by atoms with E-state index < -0.39 is 0 Å². The molecule has 0 spiro atoms. The van der Waals surface area contributed by atoms with Crippen LogP contribution >= 0.6 is 0 Å². The summed E-state index contributed by atoms with van der Waals surface area (Å²) in [5.41, 5.74) is 7.96. The Morgan fingerprint density at radius 1 is 1.35 bits per heavy atom. The van der Waals surface area contributed by atoms with Crippen LogP contribution in [0.1, 0.15) is 42.3 Å². The average Bonchev–Trinajstić information content (AvgIpc) is 2.33. The molecule has 0 aliphatic heterocycles. The van der Waals surface area contributed by atoms with Gasteiger partial charge in [-0.2, -0.15) is 0 Å². The summed E-state index contributed by atoms with van der Waals surface area (Å²) in [6, 6.07) is 5.71. The van der Waals surface area contributed by atoms with Crippen molar-refractivity contribution in [2.75, 3.05) is 20.1 Å². The predicted molar refractivity (Wildman–Crippen MR) is 83.5 cm³/mol. The molecule has 0 bridgehead atoms. The van der Waals surface area contributed by atoms with Gasteiger partial charge in [0.1, 0.15) is 0 Å². The molecule has 3 heteroatoms. The molecule has 20 heavy (non-hydrogen) atoms. The summed E-state index contributed by atoms with van der Waals surface area (Å²) in [4.78, 5) is 14.3. The van der Waals surface area contributed by atoms with Crippen LogP contribution in [-0.4, -0.2) is 30.9 Å². The van der Waals surface area contributed by atoms with Gasteiger partial charge in [-0.1, -0.05) is 38.7 Å². The molecule has 0 saturated heterocycles. The number of carbonyl (C=O) groups excluding carboxylic acids is 1. The number of rotatable bonds is 2. The molecule has 0 radical (unpaired) electrons. The molecule has 1 aromatic carbocycles. The maximum atomic E-state index is 12.5. The summed E-state index contributed by atoms with van der Waals surface area (Å²) < 4.78 is 0. The first-order valence-electron chi connectivity index (χ1n) is 6.79. The molecule has 108 valence electrons. The third-order valence-corrected chi connectivity index (χ3v) is 2.79. The van der Waals surface area contributed by atoms with E-state index in [1.54, 1.807) is 4.90 Å². The molecule has 0 saturated carbocycles. The molecular weight excluding hydrogens is 248 g/mol. The van der Waals surface area contributed by atoms with Crippen LogP contribution in [0.3, 0.4) is 0 Å². The molecule has 0 unspecified atom stereocenters. The van der Waals surface area contributed by atoms with Gasteiger partial charge < -0.3 is 10.6 Å². The van der Waals surface area contributed by atoms with Crippen LogP contribution in [0.15, 0.2) is 18.2 Å². The quantitative estimate of drug-likeness (QED) is 0.840. The van der Waals surface area contributed by atoms with Crippen molar-refractivity contribution in [3.63, 3.8) is 0 Å². The second kappa shape index (κ2) is 6.58. The molecule has 1 amide bonds. The van der Waals surface area contributed by atoms with E-state index in [1.807, 2.05) is 32.2 Å². The van der Waals surface area contributed by atoms with Crippen molar-refractivity contribution >= 4 is 5.91 Å². The highest BCUT2D eigenvalue weighted by Crippen LogP contribution is 2.18. The van der Waals surface area contributed by atoms with Gasteiger partial charge in [-0.05, 0) is 30.0 Å². The van der Waals surface area contributed by atoms with Crippen molar-refractivity contribution in [1.82, 2.24) is 4.90 Å². The summed E-state index contributed by atoms with van der Waals surface area (Å²) in [5, 5.41) is 0. The number of hydrogen-bond donors (Lipinski definition) is 1. The van der Waals surface area contributed by atoms with Crippen molar-refractivity contribution in [2.45, 2.75) is 27.7 Å². The fraction of sp³-hybridized carbons (Fsp3) is 0.471. The first kappa shape index (κ1) is 16.3. The number of aryl methyl sites for hydroxylation is 1. The van der Waals surface area contributed by atoms with Gasteiger partial charge >= 0.3 is 0 Å². The summed E-state index contributed by atoms with van der Waals surface area (Å²) in [7, 11) is 1.83. The SMILES string of the molecule is Cc1ccc(C(=O)N(C)CC(C)(C)C)c(C#CCN)c1. The van der Waals surface area contributed by atoms with Crippen LogP contribution in [0.4, 0.5) is 0 Å². The summed E-state index contributed by atoms with van der Waals surface area (Å²) in [6.07, 6.45) is 0. The Bertz CT molecular complexity index is 544.